The Morgan fingerprint density at radius 3 is 2.81 bits per heavy atom. The number of carbonyl (C=O) groups is 2. The molecule has 0 aromatic rings. The van der Waals surface area contributed by atoms with Crippen molar-refractivity contribution in [2.24, 2.45) is 5.92 Å². The van der Waals surface area contributed by atoms with Crippen molar-refractivity contribution in [1.82, 2.24) is 10.2 Å². The van der Waals surface area contributed by atoms with Gasteiger partial charge in [0, 0.05) is 25.8 Å². The molecule has 6 nitrogen and oxygen atoms in total. The molecule has 6 heteroatoms. The number of aliphatic carboxylic acids is 1. The fourth-order valence-corrected chi connectivity index (χ4v) is 3.58. The summed E-state index contributed by atoms with van der Waals surface area (Å²) in [5.74, 6) is -0.525. The molecule has 1 heterocycles. The number of hydrogen-bond donors (Lipinski definition) is 2. The average Bonchev–Trinajstić information content (AvgIpc) is 2.86. The molecule has 2 amide bonds. The molecule has 0 spiro atoms. The van der Waals surface area contributed by atoms with Crippen molar-refractivity contribution in [3.8, 4) is 0 Å². The SMILES string of the molecule is CCOCCCNC(=O)N1C(C(=O)O)CC2CCCCC21. The fraction of sp³-hybridized carbons (Fsp3) is 0.867. The molecule has 2 fully saturated rings. The Kier molecular flexibility index (Phi) is 5.85. The number of ether oxygens (including phenoxy) is 1. The number of rotatable bonds is 6. The highest BCUT2D eigenvalue weighted by molar-refractivity contribution is 5.83. The lowest BCUT2D eigenvalue weighted by molar-refractivity contribution is -0.141. The Labute approximate surface area is 125 Å². The molecule has 1 saturated heterocycles. The molecular formula is C15H26N2O4. The third-order valence-corrected chi connectivity index (χ3v) is 4.55. The number of amides is 2. The largest absolute Gasteiger partial charge is 0.480 e. The normalized spacial score (nSPS) is 28.2. The van der Waals surface area contributed by atoms with E-state index in [2.05, 4.69) is 5.32 Å². The molecular weight excluding hydrogens is 272 g/mol. The molecule has 1 aliphatic heterocycles. The van der Waals surface area contributed by atoms with Crippen molar-refractivity contribution in [3.63, 3.8) is 0 Å². The molecule has 2 aliphatic rings. The highest BCUT2D eigenvalue weighted by Crippen LogP contribution is 2.39. The molecule has 2 N–H and O–H groups in total. The summed E-state index contributed by atoms with van der Waals surface area (Å²) in [6, 6.07) is -0.787. The molecule has 120 valence electrons. The van der Waals surface area contributed by atoms with Crippen molar-refractivity contribution in [3.05, 3.63) is 0 Å². The van der Waals surface area contributed by atoms with Crippen LogP contribution in [0.5, 0.6) is 0 Å². The van der Waals surface area contributed by atoms with Gasteiger partial charge in [-0.25, -0.2) is 9.59 Å². The minimum absolute atomic E-state index is 0.103. The van der Waals surface area contributed by atoms with Gasteiger partial charge in [0.2, 0.25) is 0 Å². The van der Waals surface area contributed by atoms with Crippen LogP contribution in [-0.2, 0) is 9.53 Å². The van der Waals surface area contributed by atoms with Crippen molar-refractivity contribution >= 4 is 12.0 Å². The van der Waals surface area contributed by atoms with Crippen LogP contribution < -0.4 is 5.32 Å². The van der Waals surface area contributed by atoms with Crippen LogP contribution in [0.3, 0.4) is 0 Å². The number of carbonyl (C=O) groups excluding carboxylic acids is 1. The van der Waals surface area contributed by atoms with Gasteiger partial charge in [-0.15, -0.1) is 0 Å². The lowest BCUT2D eigenvalue weighted by Gasteiger charge is -2.33. The van der Waals surface area contributed by atoms with Gasteiger partial charge >= 0.3 is 12.0 Å². The van der Waals surface area contributed by atoms with Gasteiger partial charge < -0.3 is 20.1 Å². The topological polar surface area (TPSA) is 78.9 Å². The first kappa shape index (κ1) is 16.1. The van der Waals surface area contributed by atoms with Gasteiger partial charge in [-0.2, -0.15) is 0 Å². The van der Waals surface area contributed by atoms with Gasteiger partial charge in [-0.1, -0.05) is 12.8 Å². The monoisotopic (exact) mass is 298 g/mol. The first-order chi connectivity index (χ1) is 10.1. The lowest BCUT2D eigenvalue weighted by atomic mass is 9.85. The summed E-state index contributed by atoms with van der Waals surface area (Å²) in [4.78, 5) is 25.4. The van der Waals surface area contributed by atoms with E-state index in [4.69, 9.17) is 4.74 Å². The number of carboxylic acids is 1. The van der Waals surface area contributed by atoms with Crippen LogP contribution in [0, 0.1) is 5.92 Å². The number of hydrogen-bond acceptors (Lipinski definition) is 3. The fourth-order valence-electron chi connectivity index (χ4n) is 3.58. The van der Waals surface area contributed by atoms with E-state index in [0.29, 0.717) is 32.1 Å². The number of carboxylic acid groups (broad SMARTS) is 1. The average molecular weight is 298 g/mol. The molecule has 0 bridgehead atoms. The van der Waals surface area contributed by atoms with E-state index < -0.39 is 12.0 Å². The number of fused-ring (bicyclic) bond motifs is 1. The van der Waals surface area contributed by atoms with Crippen LogP contribution in [0.15, 0.2) is 0 Å². The first-order valence-electron chi connectivity index (χ1n) is 8.01. The minimum Gasteiger partial charge on any atom is -0.480 e. The van der Waals surface area contributed by atoms with Crippen LogP contribution in [0.2, 0.25) is 0 Å². The van der Waals surface area contributed by atoms with Crippen LogP contribution in [0.4, 0.5) is 4.79 Å². The Bertz CT molecular complexity index is 375. The highest BCUT2D eigenvalue weighted by Gasteiger charge is 2.47. The summed E-state index contributed by atoms with van der Waals surface area (Å²) in [7, 11) is 0. The molecule has 0 aromatic heterocycles. The van der Waals surface area contributed by atoms with Crippen molar-refractivity contribution in [2.75, 3.05) is 19.8 Å². The maximum absolute atomic E-state index is 12.4. The summed E-state index contributed by atoms with van der Waals surface area (Å²) in [5.41, 5.74) is 0. The molecule has 1 aliphatic carbocycles. The molecule has 0 aromatic carbocycles. The van der Waals surface area contributed by atoms with E-state index in [1.165, 1.54) is 0 Å². The van der Waals surface area contributed by atoms with Crippen molar-refractivity contribution in [2.45, 2.75) is 57.5 Å². The zero-order chi connectivity index (χ0) is 15.2. The van der Waals surface area contributed by atoms with E-state index in [-0.39, 0.29) is 12.1 Å². The first-order valence-corrected chi connectivity index (χ1v) is 8.01. The second kappa shape index (κ2) is 7.64. The summed E-state index contributed by atoms with van der Waals surface area (Å²) in [6.07, 6.45) is 5.56. The molecule has 3 unspecified atom stereocenters. The standard InChI is InChI=1S/C15H26N2O4/c1-2-21-9-5-8-16-15(20)17-12-7-4-3-6-11(12)10-13(17)14(18)19/h11-13H,2-10H2,1H3,(H,16,20)(H,18,19). The Hall–Kier alpha value is -1.30. The second-order valence-corrected chi connectivity index (χ2v) is 5.89. The third kappa shape index (κ3) is 3.87. The maximum Gasteiger partial charge on any atom is 0.326 e. The van der Waals surface area contributed by atoms with Gasteiger partial charge in [-0.05, 0) is 38.5 Å². The van der Waals surface area contributed by atoms with E-state index in [1.54, 1.807) is 4.90 Å². The smallest absolute Gasteiger partial charge is 0.326 e. The van der Waals surface area contributed by atoms with Gasteiger partial charge in [-0.3, -0.25) is 0 Å². The molecule has 21 heavy (non-hydrogen) atoms. The van der Waals surface area contributed by atoms with Gasteiger partial charge in [0.25, 0.3) is 0 Å². The third-order valence-electron chi connectivity index (χ3n) is 4.55. The van der Waals surface area contributed by atoms with Crippen LogP contribution in [0.1, 0.15) is 45.4 Å². The number of nitrogens with one attached hydrogen (secondary N) is 1. The van der Waals surface area contributed by atoms with Gasteiger partial charge in [0.05, 0.1) is 0 Å². The van der Waals surface area contributed by atoms with Crippen molar-refractivity contribution < 1.29 is 19.4 Å². The number of likely N-dealkylation sites (tertiary alicyclic amines) is 1. The zero-order valence-corrected chi connectivity index (χ0v) is 12.7. The Morgan fingerprint density at radius 1 is 1.33 bits per heavy atom. The summed E-state index contributed by atoms with van der Waals surface area (Å²) >= 11 is 0. The van der Waals surface area contributed by atoms with E-state index in [1.807, 2.05) is 6.92 Å². The number of nitrogens with zero attached hydrogens (tertiary/aromatic N) is 1. The zero-order valence-electron chi connectivity index (χ0n) is 12.7. The second-order valence-electron chi connectivity index (χ2n) is 5.89. The predicted octanol–water partition coefficient (Wildman–Crippen LogP) is 1.84. The molecule has 0 radical (unpaired) electrons. The molecule has 2 rings (SSSR count). The van der Waals surface area contributed by atoms with Gasteiger partial charge in [0.1, 0.15) is 6.04 Å². The maximum atomic E-state index is 12.4. The Balaban J connectivity index is 1.90. The van der Waals surface area contributed by atoms with Crippen LogP contribution in [0.25, 0.3) is 0 Å². The lowest BCUT2D eigenvalue weighted by Crippen LogP contribution is -2.50. The number of urea groups is 1. The Morgan fingerprint density at radius 2 is 2.10 bits per heavy atom. The van der Waals surface area contributed by atoms with Crippen LogP contribution in [-0.4, -0.2) is 53.8 Å². The molecule has 1 saturated carbocycles. The quantitative estimate of drug-likeness (QED) is 0.733. The van der Waals surface area contributed by atoms with E-state index >= 15 is 0 Å². The van der Waals surface area contributed by atoms with Gasteiger partial charge in [0.15, 0.2) is 0 Å². The molecule has 3 atom stereocenters. The summed E-state index contributed by atoms with van der Waals surface area (Å²) in [5, 5.41) is 12.2. The van der Waals surface area contributed by atoms with Crippen molar-refractivity contribution in [1.29, 1.82) is 0 Å². The van der Waals surface area contributed by atoms with E-state index in [0.717, 1.165) is 32.1 Å². The van der Waals surface area contributed by atoms with Crippen LogP contribution >= 0.6 is 0 Å². The van der Waals surface area contributed by atoms with E-state index in [9.17, 15) is 14.7 Å². The summed E-state index contributed by atoms with van der Waals surface area (Å²) < 4.78 is 5.23. The minimum atomic E-state index is -0.881. The summed E-state index contributed by atoms with van der Waals surface area (Å²) in [6.45, 7) is 3.75. The highest BCUT2D eigenvalue weighted by atomic mass is 16.5. The predicted molar refractivity (Wildman–Crippen MR) is 78.1 cm³/mol.